The first-order valence-electron chi connectivity index (χ1n) is 5.49. The zero-order chi connectivity index (χ0) is 15.6. The van der Waals surface area contributed by atoms with Gasteiger partial charge in [0.15, 0.2) is 0 Å². The fourth-order valence-electron chi connectivity index (χ4n) is 1.39. The van der Waals surface area contributed by atoms with Crippen molar-refractivity contribution in [2.45, 2.75) is 18.2 Å². The molecule has 0 bridgehead atoms. The van der Waals surface area contributed by atoms with Gasteiger partial charge >= 0.3 is 0 Å². The van der Waals surface area contributed by atoms with Crippen molar-refractivity contribution in [1.29, 1.82) is 0 Å². The Bertz CT molecular complexity index is 702. The topological polar surface area (TPSA) is 106 Å². The Morgan fingerprint density at radius 3 is 2.30 bits per heavy atom. The zero-order valence-corrected chi connectivity index (χ0v) is 15.4. The number of nitrogens with one attached hydrogen (secondary N) is 1. The van der Waals surface area contributed by atoms with Crippen molar-refractivity contribution in [2.24, 2.45) is 5.14 Å². The van der Waals surface area contributed by atoms with E-state index in [0.29, 0.717) is 8.95 Å². The standard InChI is InChI=1S/C10H14Br2N2O4S2/c1-7-5-9(12)10(6-8(7)11)20(17,18)14-3-2-4-19(13,15)16/h5-6,14H,2-4H2,1H3,(H2,13,15,16). The predicted molar refractivity (Wildman–Crippen MR) is 84.4 cm³/mol. The normalized spacial score (nSPS) is 12.6. The first kappa shape index (κ1) is 18.1. The van der Waals surface area contributed by atoms with Crippen LogP contribution in [0.3, 0.4) is 0 Å². The number of primary sulfonamides is 1. The fourth-order valence-corrected chi connectivity index (χ4v) is 4.69. The van der Waals surface area contributed by atoms with Gasteiger partial charge in [0.2, 0.25) is 20.0 Å². The zero-order valence-electron chi connectivity index (χ0n) is 10.6. The van der Waals surface area contributed by atoms with Crippen molar-refractivity contribution in [3.05, 3.63) is 26.6 Å². The molecule has 10 heteroatoms. The van der Waals surface area contributed by atoms with Crippen LogP contribution in [0.5, 0.6) is 0 Å². The molecule has 0 aliphatic carbocycles. The van der Waals surface area contributed by atoms with Gasteiger partial charge in [-0.3, -0.25) is 0 Å². The molecule has 3 N–H and O–H groups in total. The second kappa shape index (κ2) is 6.84. The maximum atomic E-state index is 12.1. The maximum absolute atomic E-state index is 12.1. The molecule has 114 valence electrons. The van der Waals surface area contributed by atoms with Crippen LogP contribution in [0, 0.1) is 6.92 Å². The van der Waals surface area contributed by atoms with Gasteiger partial charge in [-0.2, -0.15) is 0 Å². The molecule has 0 fully saturated rings. The lowest BCUT2D eigenvalue weighted by molar-refractivity contribution is 0.576. The van der Waals surface area contributed by atoms with Crippen LogP contribution in [0.4, 0.5) is 0 Å². The highest BCUT2D eigenvalue weighted by molar-refractivity contribution is 9.11. The van der Waals surface area contributed by atoms with E-state index in [1.807, 2.05) is 6.92 Å². The molecule has 0 unspecified atom stereocenters. The van der Waals surface area contributed by atoms with Gasteiger partial charge in [0, 0.05) is 15.5 Å². The van der Waals surface area contributed by atoms with Crippen LogP contribution >= 0.6 is 31.9 Å². The molecule has 20 heavy (non-hydrogen) atoms. The average Bonchev–Trinajstić information content (AvgIpc) is 2.28. The Morgan fingerprint density at radius 2 is 1.75 bits per heavy atom. The third kappa shape index (κ3) is 5.41. The molecule has 0 saturated carbocycles. The summed E-state index contributed by atoms with van der Waals surface area (Å²) in [5, 5.41) is 4.84. The van der Waals surface area contributed by atoms with Gasteiger partial charge < -0.3 is 0 Å². The minimum absolute atomic E-state index is 0.00327. The number of hydrogen-bond acceptors (Lipinski definition) is 4. The number of rotatable bonds is 6. The van der Waals surface area contributed by atoms with Crippen LogP contribution < -0.4 is 9.86 Å². The molecule has 0 atom stereocenters. The van der Waals surface area contributed by atoms with E-state index in [1.165, 1.54) is 6.07 Å². The average molecular weight is 450 g/mol. The summed E-state index contributed by atoms with van der Waals surface area (Å²) >= 11 is 6.47. The number of sulfonamides is 2. The second-order valence-corrected chi connectivity index (χ2v) is 9.33. The van der Waals surface area contributed by atoms with Crippen molar-refractivity contribution < 1.29 is 16.8 Å². The largest absolute Gasteiger partial charge is 0.241 e. The van der Waals surface area contributed by atoms with Crippen molar-refractivity contribution in [1.82, 2.24) is 4.72 Å². The van der Waals surface area contributed by atoms with E-state index in [-0.39, 0.29) is 23.6 Å². The minimum Gasteiger partial charge on any atom is -0.229 e. The minimum atomic E-state index is -3.71. The van der Waals surface area contributed by atoms with E-state index in [1.54, 1.807) is 6.07 Å². The van der Waals surface area contributed by atoms with E-state index >= 15 is 0 Å². The Kier molecular flexibility index (Phi) is 6.17. The van der Waals surface area contributed by atoms with E-state index in [4.69, 9.17) is 5.14 Å². The number of halogens is 2. The summed E-state index contributed by atoms with van der Waals surface area (Å²) in [4.78, 5) is 0.0885. The van der Waals surface area contributed by atoms with Gasteiger partial charge in [-0.25, -0.2) is 26.7 Å². The van der Waals surface area contributed by atoms with E-state index < -0.39 is 20.0 Å². The summed E-state index contributed by atoms with van der Waals surface area (Å²) in [6, 6.07) is 3.17. The summed E-state index contributed by atoms with van der Waals surface area (Å²) in [5.41, 5.74) is 0.894. The highest BCUT2D eigenvalue weighted by atomic mass is 79.9. The predicted octanol–water partition coefficient (Wildman–Crippen LogP) is 1.48. The third-order valence-electron chi connectivity index (χ3n) is 2.40. The highest BCUT2D eigenvalue weighted by Gasteiger charge is 2.18. The van der Waals surface area contributed by atoms with Crippen LogP contribution in [-0.4, -0.2) is 29.1 Å². The summed E-state index contributed by atoms with van der Waals surface area (Å²) < 4.78 is 49.1. The van der Waals surface area contributed by atoms with Crippen molar-refractivity contribution in [2.75, 3.05) is 12.3 Å². The fraction of sp³-hybridized carbons (Fsp3) is 0.400. The Balaban J connectivity index is 2.82. The lowest BCUT2D eigenvalue weighted by atomic mass is 10.2. The first-order chi connectivity index (χ1) is 9.03. The molecule has 6 nitrogen and oxygen atoms in total. The van der Waals surface area contributed by atoms with Gasteiger partial charge in [-0.15, -0.1) is 0 Å². The summed E-state index contributed by atoms with van der Waals surface area (Å²) in [6.07, 6.45) is 0.114. The van der Waals surface area contributed by atoms with Gasteiger partial charge in [-0.05, 0) is 47.0 Å². The monoisotopic (exact) mass is 448 g/mol. The van der Waals surface area contributed by atoms with Crippen LogP contribution in [0.25, 0.3) is 0 Å². The van der Waals surface area contributed by atoms with Crippen molar-refractivity contribution in [3.63, 3.8) is 0 Å². The molecule has 0 saturated heterocycles. The molecule has 0 spiro atoms. The molecule has 0 aliphatic rings. The van der Waals surface area contributed by atoms with Gasteiger partial charge in [0.05, 0.1) is 10.6 Å². The van der Waals surface area contributed by atoms with E-state index in [9.17, 15) is 16.8 Å². The second-order valence-electron chi connectivity index (χ2n) is 4.15. The number of nitrogens with two attached hydrogens (primary N) is 1. The van der Waals surface area contributed by atoms with Crippen LogP contribution in [0.1, 0.15) is 12.0 Å². The Morgan fingerprint density at radius 1 is 1.15 bits per heavy atom. The van der Waals surface area contributed by atoms with E-state index in [0.717, 1.165) is 5.56 Å². The highest BCUT2D eigenvalue weighted by Crippen LogP contribution is 2.28. The van der Waals surface area contributed by atoms with E-state index in [2.05, 4.69) is 36.6 Å². The number of hydrogen-bond donors (Lipinski definition) is 2. The molecule has 0 aliphatic heterocycles. The number of aryl methyl sites for hydroxylation is 1. The molecule has 1 rings (SSSR count). The Labute approximate surface area is 135 Å². The molecule has 0 aromatic heterocycles. The van der Waals surface area contributed by atoms with Crippen LogP contribution in [-0.2, 0) is 20.0 Å². The Hall–Kier alpha value is -0.000000000000000167. The van der Waals surface area contributed by atoms with Crippen molar-refractivity contribution in [3.8, 4) is 0 Å². The first-order valence-corrected chi connectivity index (χ1v) is 10.3. The lowest BCUT2D eigenvalue weighted by Gasteiger charge is -2.10. The quantitative estimate of drug-likeness (QED) is 0.641. The van der Waals surface area contributed by atoms with Gasteiger partial charge in [-0.1, -0.05) is 15.9 Å². The smallest absolute Gasteiger partial charge is 0.229 e. The SMILES string of the molecule is Cc1cc(Br)c(S(=O)(=O)NCCCS(N)(=O)=O)cc1Br. The van der Waals surface area contributed by atoms with Gasteiger partial charge in [0.25, 0.3) is 0 Å². The third-order valence-corrected chi connectivity index (χ3v) is 6.53. The van der Waals surface area contributed by atoms with Crippen LogP contribution in [0.15, 0.2) is 26.0 Å². The maximum Gasteiger partial charge on any atom is 0.241 e. The molecule has 0 radical (unpaired) electrons. The lowest BCUT2D eigenvalue weighted by Crippen LogP contribution is -2.27. The van der Waals surface area contributed by atoms with Crippen LogP contribution in [0.2, 0.25) is 0 Å². The summed E-state index contributed by atoms with van der Waals surface area (Å²) in [6.45, 7) is 1.83. The molecule has 1 aromatic rings. The summed E-state index contributed by atoms with van der Waals surface area (Å²) in [5.74, 6) is -0.270. The molecule has 0 amide bonds. The molecular weight excluding hydrogens is 436 g/mol. The van der Waals surface area contributed by atoms with Gasteiger partial charge in [0.1, 0.15) is 0 Å². The summed E-state index contributed by atoms with van der Waals surface area (Å²) in [7, 11) is -7.29. The number of benzene rings is 1. The molecule has 0 heterocycles. The molecule has 1 aromatic carbocycles. The van der Waals surface area contributed by atoms with Crippen molar-refractivity contribution >= 4 is 51.9 Å². The molecular formula is C10H14Br2N2O4S2.